The Kier molecular flexibility index (Phi) is 10.3. The van der Waals surface area contributed by atoms with Gasteiger partial charge in [-0.15, -0.1) is 0 Å². The highest BCUT2D eigenvalue weighted by Gasteiger charge is 2.26. The number of benzene rings is 7. The zero-order valence-electron chi connectivity index (χ0n) is 31.7. The first-order valence-corrected chi connectivity index (χ1v) is 20.1. The first-order chi connectivity index (χ1) is 28.2. The van der Waals surface area contributed by atoms with Gasteiger partial charge >= 0.3 is 0 Å². The van der Waals surface area contributed by atoms with Gasteiger partial charge < -0.3 is 15.5 Å². The molecule has 0 unspecified atom stereocenters. The van der Waals surface area contributed by atoms with E-state index in [2.05, 4.69) is 160 Å². The van der Waals surface area contributed by atoms with Crippen molar-refractivity contribution >= 4 is 69.0 Å². The predicted molar refractivity (Wildman–Crippen MR) is 238 cm³/mol. The smallest absolute Gasteiger partial charge is 0.124 e. The van der Waals surface area contributed by atoms with Crippen molar-refractivity contribution in [2.75, 3.05) is 15.5 Å². The van der Waals surface area contributed by atoms with Gasteiger partial charge in [-0.2, -0.15) is 19.4 Å². The summed E-state index contributed by atoms with van der Waals surface area (Å²) < 4.78 is 4.45. The molecule has 1 fully saturated rings. The van der Waals surface area contributed by atoms with E-state index in [0.29, 0.717) is 17.3 Å². The average molecular weight is 762 g/mol. The fraction of sp³-hybridized carbons (Fsp3) is 0.143. The normalized spacial score (nSPS) is 13.1. The van der Waals surface area contributed by atoms with Crippen molar-refractivity contribution < 1.29 is 0 Å². The van der Waals surface area contributed by atoms with Crippen LogP contribution in [0.4, 0.5) is 45.5 Å². The third kappa shape index (κ3) is 7.28. The van der Waals surface area contributed by atoms with Crippen molar-refractivity contribution in [1.29, 1.82) is 0 Å². The predicted octanol–water partition coefficient (Wildman–Crippen LogP) is 13.2. The molecule has 1 aromatic heterocycles. The number of fused-ring (bicyclic) bond motifs is 1. The maximum Gasteiger partial charge on any atom is 0.124 e. The molecule has 1 heterocycles. The Morgan fingerprint density at radius 3 is 1.28 bits per heavy atom. The molecule has 8 aromatic rings. The van der Waals surface area contributed by atoms with E-state index in [4.69, 9.17) is 28.4 Å². The Labute approximate surface area is 339 Å². The van der Waals surface area contributed by atoms with Crippen molar-refractivity contribution in [2.45, 2.75) is 38.6 Å². The monoisotopic (exact) mass is 761 g/mol. The zero-order valence-corrected chi connectivity index (χ0v) is 32.5. The molecule has 1 aliphatic carbocycles. The minimum absolute atomic E-state index is 0.493. The van der Waals surface area contributed by atoms with Crippen LogP contribution >= 0.6 is 0 Å². The maximum absolute atomic E-state index is 7.18. The molecule has 0 radical (unpaired) electrons. The fourth-order valence-corrected chi connectivity index (χ4v) is 8.47. The van der Waals surface area contributed by atoms with E-state index in [1.807, 2.05) is 29.1 Å². The number of hydrogen-bond acceptors (Lipinski definition) is 7. The summed E-state index contributed by atoms with van der Waals surface area (Å²) in [5, 5.41) is 10.4. The highest BCUT2D eigenvalue weighted by molar-refractivity contribution is 7.47. The molecule has 7 nitrogen and oxygen atoms in total. The first kappa shape index (κ1) is 36.0. The lowest BCUT2D eigenvalue weighted by Gasteiger charge is -2.26. The van der Waals surface area contributed by atoms with Crippen molar-refractivity contribution in [3.8, 4) is 22.3 Å². The molecule has 0 amide bonds. The van der Waals surface area contributed by atoms with Gasteiger partial charge in [-0.25, -0.2) is 0 Å². The van der Waals surface area contributed by atoms with Crippen LogP contribution in [0.3, 0.4) is 0 Å². The topological polar surface area (TPSA) is 75.6 Å². The molecule has 0 spiro atoms. The number of rotatable bonds is 11. The van der Waals surface area contributed by atoms with Gasteiger partial charge in [0.05, 0.1) is 12.2 Å². The van der Waals surface area contributed by atoms with E-state index in [0.717, 1.165) is 74.0 Å². The second-order valence-corrected chi connectivity index (χ2v) is 14.8. The van der Waals surface area contributed by atoms with Crippen molar-refractivity contribution in [1.82, 2.24) is 15.0 Å². The Morgan fingerprint density at radius 2 is 0.877 bits per heavy atom. The van der Waals surface area contributed by atoms with Gasteiger partial charge in [0.1, 0.15) is 16.7 Å². The van der Waals surface area contributed by atoms with E-state index >= 15 is 0 Å². The Hall–Kier alpha value is -6.64. The van der Waals surface area contributed by atoms with Gasteiger partial charge in [-0.1, -0.05) is 116 Å². The summed E-state index contributed by atoms with van der Waals surface area (Å²) in [6, 6.07) is 58.6. The lowest BCUT2D eigenvalue weighted by atomic mass is 9.89. The molecule has 0 bridgehead atoms. The number of anilines is 7. The number of nitrogen functional groups attached to an aromatic ring is 1. The Bertz CT molecular complexity index is 2510. The molecule has 280 valence electrons. The molecule has 0 atom stereocenters. The summed E-state index contributed by atoms with van der Waals surface area (Å²) >= 11 is 5.54. The van der Waals surface area contributed by atoms with Gasteiger partial charge in [0, 0.05) is 57.7 Å². The highest BCUT2D eigenvalue weighted by atomic mass is 32.1. The number of aromatic nitrogens is 3. The summed E-state index contributed by atoms with van der Waals surface area (Å²) in [6.07, 6.45) is 6.17. The Morgan fingerprint density at radius 1 is 0.509 bits per heavy atom. The van der Waals surface area contributed by atoms with Gasteiger partial charge in [0.15, 0.2) is 0 Å². The molecule has 1 aliphatic rings. The van der Waals surface area contributed by atoms with E-state index in [1.54, 1.807) is 0 Å². The molecule has 1 saturated carbocycles. The Balaban J connectivity index is 1.16. The average Bonchev–Trinajstić information content (AvgIpc) is 3.68. The molecule has 7 aromatic carbocycles. The van der Waals surface area contributed by atoms with Gasteiger partial charge in [-0.3, -0.25) is 0 Å². The number of hydrogen-bond donors (Lipinski definition) is 1. The summed E-state index contributed by atoms with van der Waals surface area (Å²) in [4.78, 5) is 6.38. The maximum atomic E-state index is 7.18. The molecule has 8 heteroatoms. The third-order valence-corrected chi connectivity index (χ3v) is 11.2. The van der Waals surface area contributed by atoms with E-state index < -0.39 is 0 Å². The van der Waals surface area contributed by atoms with Crippen LogP contribution in [0.5, 0.6) is 0 Å². The molecular weight excluding hydrogens is 719 g/mol. The summed E-state index contributed by atoms with van der Waals surface area (Å²) in [7, 11) is 0. The second-order valence-electron chi connectivity index (χ2n) is 14.7. The van der Waals surface area contributed by atoms with Crippen molar-refractivity contribution in [3.05, 3.63) is 170 Å². The van der Waals surface area contributed by atoms with Crippen LogP contribution in [0.15, 0.2) is 174 Å². The highest BCUT2D eigenvalue weighted by Crippen LogP contribution is 2.48. The van der Waals surface area contributed by atoms with Crippen LogP contribution in [0, 0.1) is 5.92 Å². The molecule has 2 N–H and O–H groups in total. The van der Waals surface area contributed by atoms with Crippen molar-refractivity contribution in [2.24, 2.45) is 10.3 Å². The van der Waals surface area contributed by atoms with E-state index in [-0.39, 0.29) is 0 Å². The summed E-state index contributed by atoms with van der Waals surface area (Å²) in [5.41, 5.74) is 19.5. The largest absolute Gasteiger partial charge is 0.396 e. The van der Waals surface area contributed by atoms with Crippen LogP contribution in [-0.2, 0) is 19.0 Å². The fourth-order valence-electron chi connectivity index (χ4n) is 8.28. The SMILES string of the molecule is Nc1c(N=S)c(-c2ccc(N(c3ccccc3)c3ccccc3)cc2)c2nn(CC3CCCCC3)nc2c1-c1ccc(N(c2ccccc2)c2ccccc2)cc1. The van der Waals surface area contributed by atoms with E-state index in [9.17, 15) is 0 Å². The standard InChI is InChI=1S/C49H43N7S/c50-46-44(36-26-30-42(31-27-36)55(38-18-8-2-9-19-38)39-20-10-3-11-21-39)48-49(52-54(51-48)34-35-16-6-1-7-17-35)45(47(46)53-57)37-28-32-43(33-29-37)56(40-22-12-4-13-23-40)41-24-14-5-15-25-41/h2-5,8-15,18-33,35H,1,6-7,16-17,34,50H2. The number of nitrogens with two attached hydrogens (primary N) is 1. The molecule has 0 saturated heterocycles. The zero-order chi connectivity index (χ0) is 38.6. The molecule has 57 heavy (non-hydrogen) atoms. The first-order valence-electron chi connectivity index (χ1n) is 19.7. The van der Waals surface area contributed by atoms with Crippen LogP contribution < -0.4 is 15.5 Å². The van der Waals surface area contributed by atoms with Crippen LogP contribution in [0.25, 0.3) is 33.3 Å². The van der Waals surface area contributed by atoms with E-state index in [1.165, 1.54) is 32.1 Å². The lowest BCUT2D eigenvalue weighted by Crippen LogP contribution is -2.15. The quantitative estimate of drug-likeness (QED) is 0.132. The third-order valence-electron chi connectivity index (χ3n) is 11.0. The lowest BCUT2D eigenvalue weighted by molar-refractivity contribution is 0.295. The molecule has 0 aliphatic heterocycles. The number of para-hydroxylation sites is 4. The van der Waals surface area contributed by atoms with Gasteiger partial charge in [-0.05, 0) is 103 Å². The summed E-state index contributed by atoms with van der Waals surface area (Å²) in [5.74, 6) is 0.537. The minimum Gasteiger partial charge on any atom is -0.396 e. The van der Waals surface area contributed by atoms with Crippen LogP contribution in [0.2, 0.25) is 0 Å². The van der Waals surface area contributed by atoms with Crippen LogP contribution in [0.1, 0.15) is 32.1 Å². The summed E-state index contributed by atoms with van der Waals surface area (Å²) in [6.45, 7) is 0.762. The minimum atomic E-state index is 0.493. The number of nitrogens with zero attached hydrogens (tertiary/aromatic N) is 6. The van der Waals surface area contributed by atoms with Gasteiger partial charge in [0.25, 0.3) is 0 Å². The van der Waals surface area contributed by atoms with Crippen LogP contribution in [-0.4, -0.2) is 15.0 Å². The molecule has 9 rings (SSSR count). The van der Waals surface area contributed by atoms with Crippen molar-refractivity contribution in [3.63, 3.8) is 0 Å². The second kappa shape index (κ2) is 16.2. The molecular formula is C49H43N7S. The van der Waals surface area contributed by atoms with Gasteiger partial charge in [0.2, 0.25) is 0 Å².